The predicted molar refractivity (Wildman–Crippen MR) is 76.6 cm³/mol. The van der Waals surface area contributed by atoms with Crippen molar-refractivity contribution in [2.24, 2.45) is 5.84 Å². The van der Waals surface area contributed by atoms with E-state index in [0.29, 0.717) is 11.4 Å². The van der Waals surface area contributed by atoms with Gasteiger partial charge in [0, 0.05) is 10.6 Å². The van der Waals surface area contributed by atoms with E-state index in [0.717, 1.165) is 17.7 Å². The number of hydrogen-bond donors (Lipinski definition) is 2. The third-order valence-corrected chi connectivity index (χ3v) is 3.66. The Labute approximate surface area is 125 Å². The largest absolute Gasteiger partial charge is 0.271 e. The summed E-state index contributed by atoms with van der Waals surface area (Å²) in [4.78, 5) is 0. The fourth-order valence-corrected chi connectivity index (χ4v) is 2.31. The van der Waals surface area contributed by atoms with Crippen LogP contribution in [0, 0.1) is 11.6 Å². The van der Waals surface area contributed by atoms with Crippen molar-refractivity contribution in [2.45, 2.75) is 12.5 Å². The second kappa shape index (κ2) is 6.50. The SMILES string of the molecule is NNC(Cc1ccccc1Cl)c1cc(F)c(Cl)cc1F. The number of nitrogens with two attached hydrogens (primary N) is 1. The van der Waals surface area contributed by atoms with E-state index < -0.39 is 17.7 Å². The maximum atomic E-state index is 13.9. The molecule has 0 aliphatic heterocycles. The number of hydrogen-bond acceptors (Lipinski definition) is 2. The molecule has 0 bridgehead atoms. The molecule has 0 aromatic heterocycles. The molecule has 0 amide bonds. The molecule has 6 heteroatoms. The van der Waals surface area contributed by atoms with Crippen LogP contribution in [0.4, 0.5) is 8.78 Å². The molecular formula is C14H12Cl2F2N2. The summed E-state index contributed by atoms with van der Waals surface area (Å²) in [5, 5.41) is 0.280. The zero-order valence-corrected chi connectivity index (χ0v) is 11.8. The highest BCUT2D eigenvalue weighted by Gasteiger charge is 2.18. The van der Waals surface area contributed by atoms with Crippen LogP contribution in [0.25, 0.3) is 0 Å². The van der Waals surface area contributed by atoms with Gasteiger partial charge in [-0.3, -0.25) is 11.3 Å². The van der Waals surface area contributed by atoms with Gasteiger partial charge in [0.05, 0.1) is 11.1 Å². The molecule has 3 N–H and O–H groups in total. The summed E-state index contributed by atoms with van der Waals surface area (Å²) in [5.74, 6) is 4.13. The Bertz CT molecular complexity index is 620. The van der Waals surface area contributed by atoms with Crippen molar-refractivity contribution < 1.29 is 8.78 Å². The molecule has 2 aromatic rings. The van der Waals surface area contributed by atoms with Crippen molar-refractivity contribution in [2.75, 3.05) is 0 Å². The zero-order valence-electron chi connectivity index (χ0n) is 10.3. The molecule has 2 rings (SSSR count). The van der Waals surface area contributed by atoms with Crippen molar-refractivity contribution in [1.29, 1.82) is 0 Å². The number of hydrazine groups is 1. The maximum absolute atomic E-state index is 13.9. The normalized spacial score (nSPS) is 12.4. The average Bonchev–Trinajstić information content (AvgIpc) is 2.42. The lowest BCUT2D eigenvalue weighted by Gasteiger charge is -2.18. The Balaban J connectivity index is 2.34. The van der Waals surface area contributed by atoms with Gasteiger partial charge in [0.25, 0.3) is 0 Å². The fourth-order valence-electron chi connectivity index (χ4n) is 1.95. The Morgan fingerprint density at radius 2 is 1.75 bits per heavy atom. The minimum absolute atomic E-state index is 0.106. The third kappa shape index (κ3) is 3.27. The molecule has 0 saturated carbocycles. The minimum atomic E-state index is -0.692. The highest BCUT2D eigenvalue weighted by atomic mass is 35.5. The molecular weight excluding hydrogens is 305 g/mol. The highest BCUT2D eigenvalue weighted by Crippen LogP contribution is 2.27. The van der Waals surface area contributed by atoms with Crippen LogP contribution in [-0.4, -0.2) is 0 Å². The fraction of sp³-hybridized carbons (Fsp3) is 0.143. The molecule has 0 fully saturated rings. The van der Waals surface area contributed by atoms with Crippen LogP contribution in [0.1, 0.15) is 17.2 Å². The van der Waals surface area contributed by atoms with Gasteiger partial charge in [-0.25, -0.2) is 8.78 Å². The van der Waals surface area contributed by atoms with E-state index in [9.17, 15) is 8.78 Å². The highest BCUT2D eigenvalue weighted by molar-refractivity contribution is 6.31. The summed E-state index contributed by atoms with van der Waals surface area (Å²) in [5.41, 5.74) is 3.36. The second-order valence-electron chi connectivity index (χ2n) is 4.30. The van der Waals surface area contributed by atoms with Gasteiger partial charge in [-0.15, -0.1) is 0 Å². The summed E-state index contributed by atoms with van der Waals surface area (Å²) < 4.78 is 27.4. The Morgan fingerprint density at radius 3 is 2.40 bits per heavy atom. The van der Waals surface area contributed by atoms with Crippen LogP contribution in [0.5, 0.6) is 0 Å². The first-order valence-electron chi connectivity index (χ1n) is 5.87. The van der Waals surface area contributed by atoms with Gasteiger partial charge in [0.15, 0.2) is 0 Å². The molecule has 1 atom stereocenters. The molecule has 0 heterocycles. The molecule has 0 spiro atoms. The van der Waals surface area contributed by atoms with Crippen LogP contribution >= 0.6 is 23.2 Å². The Hall–Kier alpha value is -1.20. The van der Waals surface area contributed by atoms with Gasteiger partial charge >= 0.3 is 0 Å². The van der Waals surface area contributed by atoms with Crippen LogP contribution in [0.15, 0.2) is 36.4 Å². The second-order valence-corrected chi connectivity index (χ2v) is 5.12. The van der Waals surface area contributed by atoms with Crippen molar-refractivity contribution in [3.05, 3.63) is 69.2 Å². The molecule has 0 aliphatic rings. The number of benzene rings is 2. The first kappa shape index (κ1) is 15.2. The Morgan fingerprint density at radius 1 is 1.05 bits per heavy atom. The van der Waals surface area contributed by atoms with Gasteiger partial charge in [0.2, 0.25) is 0 Å². The van der Waals surface area contributed by atoms with Crippen LogP contribution in [0.3, 0.4) is 0 Å². The van der Waals surface area contributed by atoms with Gasteiger partial charge in [0.1, 0.15) is 11.6 Å². The molecule has 2 nitrogen and oxygen atoms in total. The van der Waals surface area contributed by atoms with E-state index in [-0.39, 0.29) is 10.6 Å². The van der Waals surface area contributed by atoms with Crippen LogP contribution in [0.2, 0.25) is 10.0 Å². The predicted octanol–water partition coefficient (Wildman–Crippen LogP) is 4.02. The minimum Gasteiger partial charge on any atom is -0.271 e. The van der Waals surface area contributed by atoms with E-state index in [2.05, 4.69) is 5.43 Å². The molecule has 0 radical (unpaired) electrons. The lowest BCUT2D eigenvalue weighted by Crippen LogP contribution is -2.30. The topological polar surface area (TPSA) is 38.0 Å². The lowest BCUT2D eigenvalue weighted by molar-refractivity contribution is 0.502. The van der Waals surface area contributed by atoms with Gasteiger partial charge in [-0.1, -0.05) is 41.4 Å². The summed E-state index contributed by atoms with van der Waals surface area (Å²) in [6.07, 6.45) is 0.328. The number of halogens is 4. The van der Waals surface area contributed by atoms with Crippen molar-refractivity contribution in [3.8, 4) is 0 Å². The smallest absolute Gasteiger partial charge is 0.142 e. The summed E-state index contributed by atoms with van der Waals surface area (Å²) in [7, 11) is 0. The quantitative estimate of drug-likeness (QED) is 0.508. The Kier molecular flexibility index (Phi) is 4.94. The van der Waals surface area contributed by atoms with E-state index in [4.69, 9.17) is 29.0 Å². The molecule has 20 heavy (non-hydrogen) atoms. The standard InChI is InChI=1S/C14H12Cl2F2N2/c15-10-4-2-1-3-8(10)5-14(20-19)9-6-13(18)11(16)7-12(9)17/h1-4,6-7,14,20H,5,19H2. The molecule has 1 unspecified atom stereocenters. The van der Waals surface area contributed by atoms with Gasteiger partial charge < -0.3 is 0 Å². The first-order valence-corrected chi connectivity index (χ1v) is 6.62. The van der Waals surface area contributed by atoms with E-state index in [1.54, 1.807) is 18.2 Å². The summed E-state index contributed by atoms with van der Waals surface area (Å²) >= 11 is 11.6. The molecule has 0 saturated heterocycles. The molecule has 2 aromatic carbocycles. The third-order valence-electron chi connectivity index (χ3n) is 3.00. The van der Waals surface area contributed by atoms with Crippen molar-refractivity contribution >= 4 is 23.2 Å². The van der Waals surface area contributed by atoms with Crippen molar-refractivity contribution in [1.82, 2.24) is 5.43 Å². The zero-order chi connectivity index (χ0) is 14.7. The van der Waals surface area contributed by atoms with E-state index in [1.807, 2.05) is 6.07 Å². The van der Waals surface area contributed by atoms with E-state index in [1.165, 1.54) is 0 Å². The summed E-state index contributed by atoms with van der Waals surface area (Å²) in [6.45, 7) is 0. The van der Waals surface area contributed by atoms with Gasteiger partial charge in [-0.05, 0) is 30.2 Å². The van der Waals surface area contributed by atoms with Gasteiger partial charge in [-0.2, -0.15) is 0 Å². The number of nitrogens with one attached hydrogen (secondary N) is 1. The average molecular weight is 317 g/mol. The molecule has 106 valence electrons. The van der Waals surface area contributed by atoms with E-state index >= 15 is 0 Å². The first-order chi connectivity index (χ1) is 9.52. The maximum Gasteiger partial charge on any atom is 0.142 e. The number of rotatable bonds is 4. The lowest BCUT2D eigenvalue weighted by atomic mass is 9.99. The molecule has 0 aliphatic carbocycles. The monoisotopic (exact) mass is 316 g/mol. The van der Waals surface area contributed by atoms with Crippen LogP contribution in [-0.2, 0) is 6.42 Å². The summed E-state index contributed by atoms with van der Waals surface area (Å²) in [6, 6.07) is 8.50. The van der Waals surface area contributed by atoms with Crippen molar-refractivity contribution in [3.63, 3.8) is 0 Å². The van der Waals surface area contributed by atoms with Crippen LogP contribution < -0.4 is 11.3 Å².